The van der Waals surface area contributed by atoms with Crippen LogP contribution in [-0.4, -0.2) is 24.8 Å². The molecule has 19 heavy (non-hydrogen) atoms. The molecule has 0 radical (unpaired) electrons. The van der Waals surface area contributed by atoms with Crippen LogP contribution >= 0.6 is 12.2 Å². The van der Waals surface area contributed by atoms with Gasteiger partial charge in [-0.3, -0.25) is 0 Å². The van der Waals surface area contributed by atoms with Crippen LogP contribution < -0.4 is 10.6 Å². The first-order chi connectivity index (χ1) is 8.62. The van der Waals surface area contributed by atoms with Crippen molar-refractivity contribution in [1.29, 1.82) is 0 Å². The maximum absolute atomic E-state index is 12.8. The van der Waals surface area contributed by atoms with E-state index in [1.54, 1.807) is 13.1 Å². The number of thiocarbonyl (C=S) groups is 1. The van der Waals surface area contributed by atoms with Gasteiger partial charge in [-0.05, 0) is 25.5 Å². The number of halogens is 3. The Labute approximate surface area is 116 Å². The van der Waals surface area contributed by atoms with Crippen molar-refractivity contribution < 1.29 is 13.2 Å². The fraction of sp³-hybridized carbons (Fsp3) is 0.462. The Balaban J connectivity index is 2.94. The van der Waals surface area contributed by atoms with Crippen LogP contribution in [0.3, 0.4) is 0 Å². The smallest absolute Gasteiger partial charge is 0.393 e. The number of alkyl halides is 3. The minimum absolute atomic E-state index is 0.275. The number of aryl methyl sites for hydroxylation is 2. The first-order valence-electron chi connectivity index (χ1n) is 5.77. The van der Waals surface area contributed by atoms with Gasteiger partial charge >= 0.3 is 6.18 Å². The fourth-order valence-electron chi connectivity index (χ4n) is 1.96. The first-order valence-corrected chi connectivity index (χ1v) is 6.18. The number of rotatable bonds is 4. The van der Waals surface area contributed by atoms with Crippen LogP contribution in [-0.2, 0) is 0 Å². The molecule has 6 heteroatoms. The zero-order chi connectivity index (χ0) is 14.8. The third kappa shape index (κ3) is 4.09. The Hall–Kier alpha value is -1.30. The van der Waals surface area contributed by atoms with Gasteiger partial charge in [-0.25, -0.2) is 0 Å². The highest BCUT2D eigenvalue weighted by molar-refractivity contribution is 7.80. The van der Waals surface area contributed by atoms with E-state index in [0.717, 1.165) is 16.8 Å². The van der Waals surface area contributed by atoms with Gasteiger partial charge in [-0.2, -0.15) is 13.2 Å². The summed E-state index contributed by atoms with van der Waals surface area (Å²) < 4.78 is 38.5. The summed E-state index contributed by atoms with van der Waals surface area (Å²) in [5, 5.41) is 0. The van der Waals surface area contributed by atoms with Crippen LogP contribution in [0.15, 0.2) is 18.2 Å². The molecule has 0 amide bonds. The summed E-state index contributed by atoms with van der Waals surface area (Å²) in [6.45, 7) is 3.52. The van der Waals surface area contributed by atoms with Crippen LogP contribution in [0.4, 0.5) is 18.9 Å². The summed E-state index contributed by atoms with van der Waals surface area (Å²) in [7, 11) is 1.61. The summed E-state index contributed by atoms with van der Waals surface area (Å²) in [6.07, 6.45) is -4.42. The van der Waals surface area contributed by atoms with Gasteiger partial charge in [0, 0.05) is 19.3 Å². The second-order valence-electron chi connectivity index (χ2n) is 4.67. The van der Waals surface area contributed by atoms with E-state index in [4.69, 9.17) is 5.73 Å². The average molecular weight is 290 g/mol. The molecule has 0 aromatic heterocycles. The molecular weight excluding hydrogens is 273 g/mol. The van der Waals surface area contributed by atoms with Crippen LogP contribution in [0.5, 0.6) is 0 Å². The predicted octanol–water partition coefficient (Wildman–Crippen LogP) is 3.20. The molecule has 1 atom stereocenters. The van der Waals surface area contributed by atoms with Crippen molar-refractivity contribution in [2.24, 2.45) is 11.7 Å². The van der Waals surface area contributed by atoms with E-state index in [2.05, 4.69) is 12.2 Å². The number of nitrogens with two attached hydrogens (primary N) is 1. The van der Waals surface area contributed by atoms with Gasteiger partial charge < -0.3 is 10.6 Å². The maximum atomic E-state index is 12.8. The van der Waals surface area contributed by atoms with Crippen LogP contribution in [0, 0.1) is 19.8 Å². The zero-order valence-electron chi connectivity index (χ0n) is 11.1. The molecule has 1 aromatic rings. The number of hydrogen-bond acceptors (Lipinski definition) is 2. The van der Waals surface area contributed by atoms with Gasteiger partial charge in [-0.15, -0.1) is 0 Å². The van der Waals surface area contributed by atoms with Crippen LogP contribution in [0.2, 0.25) is 0 Å². The lowest BCUT2D eigenvalue weighted by molar-refractivity contribution is -0.152. The molecule has 0 aliphatic carbocycles. The third-order valence-corrected chi connectivity index (χ3v) is 3.24. The van der Waals surface area contributed by atoms with Crippen molar-refractivity contribution in [3.63, 3.8) is 0 Å². The molecule has 1 aromatic carbocycles. The number of anilines is 1. The summed E-state index contributed by atoms with van der Waals surface area (Å²) in [5.74, 6) is -1.80. The Kier molecular flexibility index (Phi) is 4.79. The zero-order valence-corrected chi connectivity index (χ0v) is 11.9. The van der Waals surface area contributed by atoms with Gasteiger partial charge in [0.1, 0.15) is 5.92 Å². The van der Waals surface area contributed by atoms with Crippen molar-refractivity contribution >= 4 is 22.9 Å². The molecule has 0 saturated carbocycles. The Bertz CT molecular complexity index is 471. The molecule has 0 aliphatic heterocycles. The van der Waals surface area contributed by atoms with Crippen LogP contribution in [0.25, 0.3) is 0 Å². The third-order valence-electron chi connectivity index (χ3n) is 2.96. The molecule has 0 spiro atoms. The minimum atomic E-state index is -4.42. The molecule has 0 bridgehead atoms. The van der Waals surface area contributed by atoms with E-state index in [0.29, 0.717) is 0 Å². The summed E-state index contributed by atoms with van der Waals surface area (Å²) in [4.78, 5) is 1.01. The molecule has 0 saturated heterocycles. The lowest BCUT2D eigenvalue weighted by atomic mass is 10.1. The lowest BCUT2D eigenvalue weighted by Crippen LogP contribution is -2.42. The molecule has 0 fully saturated rings. The van der Waals surface area contributed by atoms with Crippen molar-refractivity contribution in [3.8, 4) is 0 Å². The minimum Gasteiger partial charge on any atom is -0.393 e. The molecule has 2 N–H and O–H groups in total. The predicted molar refractivity (Wildman–Crippen MR) is 75.5 cm³/mol. The number of nitrogens with zero attached hydrogens (tertiary/aromatic N) is 1. The maximum Gasteiger partial charge on any atom is 0.399 e. The van der Waals surface area contributed by atoms with Gasteiger partial charge in [0.05, 0.1) is 4.99 Å². The quantitative estimate of drug-likeness (QED) is 0.863. The van der Waals surface area contributed by atoms with E-state index in [1.165, 1.54) is 4.90 Å². The lowest BCUT2D eigenvalue weighted by Gasteiger charge is -2.28. The molecule has 2 nitrogen and oxygen atoms in total. The Morgan fingerprint density at radius 2 is 1.95 bits per heavy atom. The van der Waals surface area contributed by atoms with E-state index < -0.39 is 17.1 Å². The first kappa shape index (κ1) is 15.8. The number of hydrogen-bond donors (Lipinski definition) is 1. The van der Waals surface area contributed by atoms with Crippen molar-refractivity contribution in [1.82, 2.24) is 0 Å². The normalized spacial score (nSPS) is 13.2. The molecular formula is C13H17F3N2S. The van der Waals surface area contributed by atoms with Crippen molar-refractivity contribution in [2.75, 3.05) is 18.5 Å². The summed E-state index contributed by atoms with van der Waals surface area (Å²) in [5.41, 5.74) is 7.93. The molecule has 0 aliphatic rings. The summed E-state index contributed by atoms with van der Waals surface area (Å²) >= 11 is 4.52. The highest BCUT2D eigenvalue weighted by Gasteiger charge is 2.42. The molecule has 1 unspecified atom stereocenters. The van der Waals surface area contributed by atoms with Gasteiger partial charge in [-0.1, -0.05) is 29.9 Å². The van der Waals surface area contributed by atoms with Gasteiger partial charge in [0.2, 0.25) is 0 Å². The topological polar surface area (TPSA) is 29.3 Å². The Morgan fingerprint density at radius 3 is 2.37 bits per heavy atom. The van der Waals surface area contributed by atoms with Gasteiger partial charge in [0.25, 0.3) is 0 Å². The Morgan fingerprint density at radius 1 is 1.37 bits per heavy atom. The van der Waals surface area contributed by atoms with Gasteiger partial charge in [0.15, 0.2) is 0 Å². The molecule has 106 valence electrons. The van der Waals surface area contributed by atoms with Crippen LogP contribution in [0.1, 0.15) is 11.1 Å². The second kappa shape index (κ2) is 5.77. The standard InChI is InChI=1S/C13H17F3N2S/c1-8-4-5-11(9(2)6-8)18(3)7-10(12(17)19)13(14,15)16/h4-6,10H,7H2,1-3H3,(H2,17,19). The average Bonchev–Trinajstić information content (AvgIpc) is 2.23. The molecule has 0 heterocycles. The van der Waals surface area contributed by atoms with E-state index in [-0.39, 0.29) is 6.54 Å². The summed E-state index contributed by atoms with van der Waals surface area (Å²) in [6, 6.07) is 5.59. The monoisotopic (exact) mass is 290 g/mol. The highest BCUT2D eigenvalue weighted by Crippen LogP contribution is 2.29. The molecule has 1 rings (SSSR count). The highest BCUT2D eigenvalue weighted by atomic mass is 32.1. The second-order valence-corrected chi connectivity index (χ2v) is 5.14. The van der Waals surface area contributed by atoms with E-state index in [9.17, 15) is 13.2 Å². The largest absolute Gasteiger partial charge is 0.399 e. The van der Waals surface area contributed by atoms with E-state index in [1.807, 2.05) is 26.0 Å². The van der Waals surface area contributed by atoms with E-state index >= 15 is 0 Å². The van der Waals surface area contributed by atoms with Crippen molar-refractivity contribution in [3.05, 3.63) is 29.3 Å². The van der Waals surface area contributed by atoms with Crippen molar-refractivity contribution in [2.45, 2.75) is 20.0 Å². The fourth-order valence-corrected chi connectivity index (χ4v) is 2.17. The number of benzene rings is 1. The SMILES string of the molecule is Cc1ccc(N(C)CC(C(N)=S)C(F)(F)F)c(C)c1.